The zero-order chi connectivity index (χ0) is 14.7. The van der Waals surface area contributed by atoms with E-state index in [0.717, 1.165) is 31.6 Å². The third kappa shape index (κ3) is 3.20. The van der Waals surface area contributed by atoms with Crippen LogP contribution in [0.15, 0.2) is 47.0 Å². The molecule has 0 unspecified atom stereocenters. The molecule has 1 aromatic rings. The van der Waals surface area contributed by atoms with Gasteiger partial charge in [-0.05, 0) is 24.8 Å². The Morgan fingerprint density at radius 1 is 1.10 bits per heavy atom. The maximum absolute atomic E-state index is 9.79. The molecule has 21 heavy (non-hydrogen) atoms. The number of aliphatic hydroxyl groups excluding tert-OH is 2. The fourth-order valence-electron chi connectivity index (χ4n) is 3.21. The Balaban J connectivity index is 1.72. The van der Waals surface area contributed by atoms with Crippen LogP contribution in [-0.4, -0.2) is 34.0 Å². The number of aliphatic hydroxyl groups is 2. The maximum atomic E-state index is 9.79. The minimum atomic E-state index is -0.201. The predicted octanol–water partition coefficient (Wildman–Crippen LogP) is 3.42. The topological polar surface area (TPSA) is 56.1 Å². The number of hydrogen-bond donors (Lipinski definition) is 2. The molecule has 0 aromatic heterocycles. The molecule has 1 aliphatic heterocycles. The molecule has 0 radical (unpaired) electrons. The molecule has 3 rings (SSSR count). The third-order valence-electron chi connectivity index (χ3n) is 4.38. The van der Waals surface area contributed by atoms with Crippen LogP contribution in [-0.2, 0) is 6.42 Å². The van der Waals surface area contributed by atoms with Gasteiger partial charge < -0.3 is 15.1 Å². The standard InChI is InChI=1S/C17H22N2O2/c20-15-12-19(11-10-13-6-2-1-3-7-13)16(18-17(15)21)14-8-4-5-9-14/h1-3,6-7,14,20-21H,4-5,8-12H2. The van der Waals surface area contributed by atoms with E-state index >= 15 is 0 Å². The molecule has 0 spiro atoms. The van der Waals surface area contributed by atoms with Gasteiger partial charge in [-0.2, -0.15) is 4.99 Å². The zero-order valence-electron chi connectivity index (χ0n) is 12.2. The van der Waals surface area contributed by atoms with Crippen molar-refractivity contribution in [2.24, 2.45) is 10.9 Å². The van der Waals surface area contributed by atoms with Gasteiger partial charge in [-0.15, -0.1) is 0 Å². The Labute approximate surface area is 125 Å². The van der Waals surface area contributed by atoms with Gasteiger partial charge in [0.05, 0.1) is 6.54 Å². The summed E-state index contributed by atoms with van der Waals surface area (Å²) in [6.07, 6.45) is 5.64. The summed E-state index contributed by atoms with van der Waals surface area (Å²) in [5.74, 6) is 1.16. The molecule has 1 fully saturated rings. The molecule has 0 saturated heterocycles. The van der Waals surface area contributed by atoms with Crippen LogP contribution in [0.1, 0.15) is 31.2 Å². The fraction of sp³-hybridized carbons (Fsp3) is 0.471. The Morgan fingerprint density at radius 2 is 1.81 bits per heavy atom. The Kier molecular flexibility index (Phi) is 4.13. The molecule has 112 valence electrons. The van der Waals surface area contributed by atoms with Gasteiger partial charge in [0.2, 0.25) is 0 Å². The molecule has 0 bridgehead atoms. The van der Waals surface area contributed by atoms with Crippen molar-refractivity contribution < 1.29 is 10.2 Å². The number of benzene rings is 1. The molecule has 4 nitrogen and oxygen atoms in total. The van der Waals surface area contributed by atoms with Gasteiger partial charge in [0.25, 0.3) is 5.88 Å². The molecule has 1 aliphatic carbocycles. The molecule has 1 aromatic carbocycles. The fourth-order valence-corrected chi connectivity index (χ4v) is 3.21. The van der Waals surface area contributed by atoms with Gasteiger partial charge in [-0.3, -0.25) is 0 Å². The third-order valence-corrected chi connectivity index (χ3v) is 4.38. The van der Waals surface area contributed by atoms with Crippen LogP contribution >= 0.6 is 0 Å². The molecule has 1 heterocycles. The average Bonchev–Trinajstić information content (AvgIpc) is 3.03. The zero-order valence-corrected chi connectivity index (χ0v) is 12.2. The lowest BCUT2D eigenvalue weighted by Gasteiger charge is -2.31. The summed E-state index contributed by atoms with van der Waals surface area (Å²) in [7, 11) is 0. The Bertz CT molecular complexity index is 545. The van der Waals surface area contributed by atoms with Crippen LogP contribution in [0.25, 0.3) is 0 Å². The summed E-state index contributed by atoms with van der Waals surface area (Å²) in [5.41, 5.74) is 1.28. The van der Waals surface area contributed by atoms with E-state index in [-0.39, 0.29) is 11.6 Å². The summed E-state index contributed by atoms with van der Waals surface area (Å²) in [5, 5.41) is 19.5. The molecule has 4 heteroatoms. The first-order chi connectivity index (χ1) is 10.2. The van der Waals surface area contributed by atoms with Crippen molar-refractivity contribution in [2.45, 2.75) is 32.1 Å². The number of nitrogens with zero attached hydrogens (tertiary/aromatic N) is 2. The Hall–Kier alpha value is -1.97. The van der Waals surface area contributed by atoms with Gasteiger partial charge in [0.15, 0.2) is 5.76 Å². The molecule has 2 aliphatic rings. The second-order valence-electron chi connectivity index (χ2n) is 5.88. The number of rotatable bonds is 4. The lowest BCUT2D eigenvalue weighted by Crippen LogP contribution is -2.41. The van der Waals surface area contributed by atoms with Crippen LogP contribution in [0.4, 0.5) is 0 Å². The first-order valence-electron chi connectivity index (χ1n) is 7.72. The van der Waals surface area contributed by atoms with Crippen molar-refractivity contribution in [1.29, 1.82) is 0 Å². The summed E-state index contributed by atoms with van der Waals surface area (Å²) in [6, 6.07) is 10.3. The second kappa shape index (κ2) is 6.20. The monoisotopic (exact) mass is 286 g/mol. The van der Waals surface area contributed by atoms with Crippen molar-refractivity contribution in [1.82, 2.24) is 4.90 Å². The van der Waals surface area contributed by atoms with Crippen molar-refractivity contribution in [3.8, 4) is 0 Å². The highest BCUT2D eigenvalue weighted by Crippen LogP contribution is 2.30. The van der Waals surface area contributed by atoms with Crippen LogP contribution in [0.2, 0.25) is 0 Å². The largest absolute Gasteiger partial charge is 0.506 e. The molecular formula is C17H22N2O2. The van der Waals surface area contributed by atoms with Crippen molar-refractivity contribution in [3.05, 3.63) is 47.5 Å². The normalized spacial score (nSPS) is 20.0. The molecule has 0 atom stereocenters. The summed E-state index contributed by atoms with van der Waals surface area (Å²) < 4.78 is 0. The summed E-state index contributed by atoms with van der Waals surface area (Å²) in [4.78, 5) is 6.39. The van der Waals surface area contributed by atoms with Crippen LogP contribution in [0.3, 0.4) is 0 Å². The van der Waals surface area contributed by atoms with Crippen LogP contribution in [0, 0.1) is 5.92 Å². The van der Waals surface area contributed by atoms with E-state index in [4.69, 9.17) is 0 Å². The molecular weight excluding hydrogens is 264 g/mol. The SMILES string of the molecule is OC1=C(O)N=C(C2CCCC2)N(CCc2ccccc2)C1. The van der Waals surface area contributed by atoms with Gasteiger partial charge >= 0.3 is 0 Å². The highest BCUT2D eigenvalue weighted by atomic mass is 16.3. The molecule has 2 N–H and O–H groups in total. The van der Waals surface area contributed by atoms with Crippen LogP contribution < -0.4 is 0 Å². The van der Waals surface area contributed by atoms with Gasteiger partial charge in [-0.25, -0.2) is 0 Å². The summed E-state index contributed by atoms with van der Waals surface area (Å²) >= 11 is 0. The lowest BCUT2D eigenvalue weighted by molar-refractivity contribution is 0.261. The average molecular weight is 286 g/mol. The number of aliphatic imine (C=N–C) groups is 1. The number of hydrogen-bond acceptors (Lipinski definition) is 4. The van der Waals surface area contributed by atoms with E-state index in [9.17, 15) is 10.2 Å². The first kappa shape index (κ1) is 14.0. The molecule has 1 saturated carbocycles. The van der Waals surface area contributed by atoms with Gasteiger partial charge in [0.1, 0.15) is 5.84 Å². The first-order valence-corrected chi connectivity index (χ1v) is 7.72. The van der Waals surface area contributed by atoms with Crippen molar-refractivity contribution in [2.75, 3.05) is 13.1 Å². The van der Waals surface area contributed by atoms with E-state index in [1.807, 2.05) is 18.2 Å². The number of amidine groups is 1. The highest BCUT2D eigenvalue weighted by molar-refractivity contribution is 5.86. The van der Waals surface area contributed by atoms with E-state index in [1.54, 1.807) is 0 Å². The maximum Gasteiger partial charge on any atom is 0.253 e. The van der Waals surface area contributed by atoms with Crippen molar-refractivity contribution in [3.63, 3.8) is 0 Å². The van der Waals surface area contributed by atoms with Gasteiger partial charge in [-0.1, -0.05) is 43.2 Å². The highest BCUT2D eigenvalue weighted by Gasteiger charge is 2.29. The van der Waals surface area contributed by atoms with E-state index in [2.05, 4.69) is 22.0 Å². The second-order valence-corrected chi connectivity index (χ2v) is 5.88. The molecule has 0 amide bonds. The minimum Gasteiger partial charge on any atom is -0.506 e. The van der Waals surface area contributed by atoms with Crippen LogP contribution in [0.5, 0.6) is 0 Å². The lowest BCUT2D eigenvalue weighted by atomic mass is 10.0. The van der Waals surface area contributed by atoms with E-state index in [0.29, 0.717) is 12.5 Å². The Morgan fingerprint density at radius 3 is 2.52 bits per heavy atom. The smallest absolute Gasteiger partial charge is 0.253 e. The van der Waals surface area contributed by atoms with E-state index < -0.39 is 0 Å². The minimum absolute atomic E-state index is 0.0233. The van der Waals surface area contributed by atoms with Gasteiger partial charge in [0, 0.05) is 12.5 Å². The van der Waals surface area contributed by atoms with E-state index in [1.165, 1.54) is 18.4 Å². The summed E-state index contributed by atoms with van der Waals surface area (Å²) in [6.45, 7) is 1.19. The quantitative estimate of drug-likeness (QED) is 0.891. The van der Waals surface area contributed by atoms with Crippen molar-refractivity contribution >= 4 is 5.84 Å². The predicted molar refractivity (Wildman–Crippen MR) is 83.4 cm³/mol.